The van der Waals surface area contributed by atoms with Gasteiger partial charge >= 0.3 is 0 Å². The molecule has 0 aliphatic carbocycles. The number of carbonyl (C=O) groups is 3. The number of rotatable bonds is 10. The number of ether oxygens (including phenoxy) is 1. The third-order valence-corrected chi connectivity index (χ3v) is 4.43. The van der Waals surface area contributed by atoms with Crippen LogP contribution >= 0.6 is 0 Å². The molecule has 0 radical (unpaired) electrons. The van der Waals surface area contributed by atoms with E-state index in [0.717, 1.165) is 11.1 Å². The molecular weight excluding hydrogens is 382 g/mol. The van der Waals surface area contributed by atoms with Crippen LogP contribution in [0.3, 0.4) is 0 Å². The van der Waals surface area contributed by atoms with Crippen LogP contribution in [0.15, 0.2) is 54.6 Å². The van der Waals surface area contributed by atoms with Gasteiger partial charge in [0.15, 0.2) is 0 Å². The van der Waals surface area contributed by atoms with Gasteiger partial charge < -0.3 is 20.7 Å². The van der Waals surface area contributed by atoms with Crippen LogP contribution in [0.25, 0.3) is 0 Å². The van der Waals surface area contributed by atoms with Crippen molar-refractivity contribution >= 4 is 23.4 Å². The molecule has 0 aromatic heterocycles. The van der Waals surface area contributed by atoms with Gasteiger partial charge in [0.2, 0.25) is 17.7 Å². The minimum atomic E-state index is -0.634. The number of hydrogen-bond acceptors (Lipinski definition) is 4. The Labute approximate surface area is 177 Å². The average molecular weight is 412 g/mol. The topological polar surface area (TPSA) is 96.5 Å². The van der Waals surface area contributed by atoms with E-state index in [0.29, 0.717) is 5.69 Å². The summed E-state index contributed by atoms with van der Waals surface area (Å²) in [6.07, 6.45) is 0.223. The van der Waals surface area contributed by atoms with Gasteiger partial charge in [0.25, 0.3) is 0 Å². The summed E-state index contributed by atoms with van der Waals surface area (Å²) < 4.78 is 4.80. The molecule has 2 rings (SSSR count). The Morgan fingerprint density at radius 2 is 1.63 bits per heavy atom. The molecule has 0 bridgehead atoms. The number of hydrogen-bond donors (Lipinski definition) is 3. The van der Waals surface area contributed by atoms with Crippen molar-refractivity contribution in [1.29, 1.82) is 0 Å². The molecule has 3 N–H and O–H groups in total. The Morgan fingerprint density at radius 1 is 0.933 bits per heavy atom. The number of carbonyl (C=O) groups excluding carboxylic acids is 3. The van der Waals surface area contributed by atoms with Crippen molar-refractivity contribution in [3.63, 3.8) is 0 Å². The third kappa shape index (κ3) is 7.67. The Hall–Kier alpha value is -3.19. The van der Waals surface area contributed by atoms with Gasteiger partial charge in [0.1, 0.15) is 12.6 Å². The highest BCUT2D eigenvalue weighted by Gasteiger charge is 2.24. The third-order valence-electron chi connectivity index (χ3n) is 4.43. The standard InChI is InChI=1S/C23H29N3O4/c1-16(2)22(26-20(27)13-17-8-5-4-6-9-17)23(29)24-14-18-10-7-11-19(12-18)25-21(28)15-30-3/h4-12,16,22H,13-15H2,1-3H3,(H,24,29)(H,25,28)(H,26,27). The molecule has 30 heavy (non-hydrogen) atoms. The SMILES string of the molecule is COCC(=O)Nc1cccc(CNC(=O)C(NC(=O)Cc2ccccc2)C(C)C)c1. The fourth-order valence-electron chi connectivity index (χ4n) is 2.93. The van der Waals surface area contributed by atoms with Crippen molar-refractivity contribution in [1.82, 2.24) is 10.6 Å². The summed E-state index contributed by atoms with van der Waals surface area (Å²) >= 11 is 0. The van der Waals surface area contributed by atoms with Crippen LogP contribution < -0.4 is 16.0 Å². The molecular formula is C23H29N3O4. The van der Waals surface area contributed by atoms with E-state index in [1.165, 1.54) is 7.11 Å². The van der Waals surface area contributed by atoms with Crippen molar-refractivity contribution in [3.05, 3.63) is 65.7 Å². The molecule has 3 amide bonds. The largest absolute Gasteiger partial charge is 0.375 e. The maximum Gasteiger partial charge on any atom is 0.250 e. The minimum absolute atomic E-state index is 0.0281. The summed E-state index contributed by atoms with van der Waals surface area (Å²) in [5.41, 5.74) is 2.35. The number of methoxy groups -OCH3 is 1. The van der Waals surface area contributed by atoms with Crippen LogP contribution in [-0.2, 0) is 32.1 Å². The second-order valence-corrected chi connectivity index (χ2v) is 7.35. The molecule has 0 aliphatic heterocycles. The second-order valence-electron chi connectivity index (χ2n) is 7.35. The van der Waals surface area contributed by atoms with E-state index in [-0.39, 0.29) is 43.2 Å². The number of nitrogens with one attached hydrogen (secondary N) is 3. The highest BCUT2D eigenvalue weighted by molar-refractivity contribution is 5.92. The molecule has 7 heteroatoms. The molecule has 160 valence electrons. The van der Waals surface area contributed by atoms with Gasteiger partial charge in [0.05, 0.1) is 6.42 Å². The lowest BCUT2D eigenvalue weighted by Gasteiger charge is -2.22. The number of benzene rings is 2. The lowest BCUT2D eigenvalue weighted by molar-refractivity contribution is -0.129. The van der Waals surface area contributed by atoms with Crippen LogP contribution in [0.5, 0.6) is 0 Å². The van der Waals surface area contributed by atoms with Crippen molar-refractivity contribution in [2.45, 2.75) is 32.9 Å². The summed E-state index contributed by atoms with van der Waals surface area (Å²) in [6.45, 7) is 4.03. The predicted molar refractivity (Wildman–Crippen MR) is 116 cm³/mol. The Kier molecular flexibility index (Phi) is 9.03. The lowest BCUT2D eigenvalue weighted by Crippen LogP contribution is -2.49. The molecule has 0 fully saturated rings. The zero-order chi connectivity index (χ0) is 21.9. The van der Waals surface area contributed by atoms with E-state index >= 15 is 0 Å². The molecule has 0 saturated heterocycles. The Bertz CT molecular complexity index is 853. The first-order chi connectivity index (χ1) is 14.4. The quantitative estimate of drug-likeness (QED) is 0.559. The van der Waals surface area contributed by atoms with E-state index in [2.05, 4.69) is 16.0 Å². The average Bonchev–Trinajstić information content (AvgIpc) is 2.71. The maximum atomic E-state index is 12.7. The normalized spacial score (nSPS) is 11.6. The first-order valence-corrected chi connectivity index (χ1v) is 9.87. The van der Waals surface area contributed by atoms with Gasteiger partial charge in [-0.05, 0) is 29.2 Å². The van der Waals surface area contributed by atoms with Gasteiger partial charge in [-0.1, -0.05) is 56.3 Å². The summed E-state index contributed by atoms with van der Waals surface area (Å²) in [5, 5.41) is 8.42. The van der Waals surface area contributed by atoms with E-state index in [9.17, 15) is 14.4 Å². The monoisotopic (exact) mass is 411 g/mol. The lowest BCUT2D eigenvalue weighted by atomic mass is 10.0. The van der Waals surface area contributed by atoms with E-state index in [1.807, 2.05) is 50.2 Å². The molecule has 2 aromatic rings. The minimum Gasteiger partial charge on any atom is -0.375 e. The summed E-state index contributed by atoms with van der Waals surface area (Å²) in [4.78, 5) is 36.7. The molecule has 0 saturated carbocycles. The molecule has 2 aromatic carbocycles. The van der Waals surface area contributed by atoms with E-state index in [4.69, 9.17) is 4.74 Å². The van der Waals surface area contributed by atoms with Crippen LogP contribution in [-0.4, -0.2) is 37.5 Å². The summed E-state index contributed by atoms with van der Waals surface area (Å²) in [6, 6.07) is 16.0. The van der Waals surface area contributed by atoms with E-state index in [1.54, 1.807) is 18.2 Å². The zero-order valence-corrected chi connectivity index (χ0v) is 17.6. The second kappa shape index (κ2) is 11.7. The first kappa shape index (κ1) is 23.1. The predicted octanol–water partition coefficient (Wildman–Crippen LogP) is 2.27. The highest BCUT2D eigenvalue weighted by atomic mass is 16.5. The molecule has 0 spiro atoms. The van der Waals surface area contributed by atoms with Crippen molar-refractivity contribution < 1.29 is 19.1 Å². The smallest absolute Gasteiger partial charge is 0.250 e. The fourth-order valence-corrected chi connectivity index (χ4v) is 2.93. The zero-order valence-electron chi connectivity index (χ0n) is 17.6. The Balaban J connectivity index is 1.92. The van der Waals surface area contributed by atoms with Crippen LogP contribution in [0.2, 0.25) is 0 Å². The van der Waals surface area contributed by atoms with Gasteiger partial charge in [-0.15, -0.1) is 0 Å². The molecule has 1 atom stereocenters. The molecule has 0 heterocycles. The molecule has 1 unspecified atom stereocenters. The maximum absolute atomic E-state index is 12.7. The van der Waals surface area contributed by atoms with Crippen molar-refractivity contribution in [2.75, 3.05) is 19.0 Å². The van der Waals surface area contributed by atoms with Crippen LogP contribution in [0, 0.1) is 5.92 Å². The number of amides is 3. The van der Waals surface area contributed by atoms with Crippen LogP contribution in [0.4, 0.5) is 5.69 Å². The highest BCUT2D eigenvalue weighted by Crippen LogP contribution is 2.11. The van der Waals surface area contributed by atoms with Crippen LogP contribution in [0.1, 0.15) is 25.0 Å². The van der Waals surface area contributed by atoms with Gasteiger partial charge in [-0.25, -0.2) is 0 Å². The van der Waals surface area contributed by atoms with Crippen molar-refractivity contribution in [2.24, 2.45) is 5.92 Å². The molecule has 0 aliphatic rings. The first-order valence-electron chi connectivity index (χ1n) is 9.87. The molecule has 7 nitrogen and oxygen atoms in total. The van der Waals surface area contributed by atoms with Gasteiger partial charge in [-0.2, -0.15) is 0 Å². The summed E-state index contributed by atoms with van der Waals surface area (Å²) in [7, 11) is 1.45. The fraction of sp³-hybridized carbons (Fsp3) is 0.348. The number of anilines is 1. The summed E-state index contributed by atoms with van der Waals surface area (Å²) in [5.74, 6) is -0.762. The Morgan fingerprint density at radius 3 is 2.30 bits per heavy atom. The van der Waals surface area contributed by atoms with Crippen molar-refractivity contribution in [3.8, 4) is 0 Å². The van der Waals surface area contributed by atoms with Gasteiger partial charge in [0, 0.05) is 19.3 Å². The van der Waals surface area contributed by atoms with E-state index < -0.39 is 6.04 Å². The van der Waals surface area contributed by atoms with Gasteiger partial charge in [-0.3, -0.25) is 14.4 Å².